The van der Waals surface area contributed by atoms with E-state index in [2.05, 4.69) is 5.32 Å². The number of nitrogens with zero attached hydrogens (tertiary/aromatic N) is 1. The molecular weight excluding hydrogens is 284 g/mol. The molecular formula is C16H20N2O2S. The topological polar surface area (TPSA) is 41.6 Å². The van der Waals surface area contributed by atoms with Gasteiger partial charge in [0.1, 0.15) is 0 Å². The number of nitrogens with one attached hydrogen (secondary N) is 1. The van der Waals surface area contributed by atoms with E-state index in [1.54, 1.807) is 23.3 Å². The predicted octanol–water partition coefficient (Wildman–Crippen LogP) is 3.74. The molecule has 0 saturated heterocycles. The van der Waals surface area contributed by atoms with Crippen molar-refractivity contribution in [3.63, 3.8) is 0 Å². The van der Waals surface area contributed by atoms with Crippen molar-refractivity contribution in [3.8, 4) is 0 Å². The third-order valence-electron chi connectivity index (χ3n) is 3.05. The van der Waals surface area contributed by atoms with Gasteiger partial charge in [-0.25, -0.2) is 4.79 Å². The van der Waals surface area contributed by atoms with Gasteiger partial charge in [0.25, 0.3) is 0 Å². The summed E-state index contributed by atoms with van der Waals surface area (Å²) in [7, 11) is 1.64. The molecule has 5 heteroatoms. The number of hydrogen-bond acceptors (Lipinski definition) is 3. The van der Waals surface area contributed by atoms with Crippen LogP contribution in [0.4, 0.5) is 10.5 Å². The molecule has 0 aliphatic heterocycles. The summed E-state index contributed by atoms with van der Waals surface area (Å²) in [6, 6.07) is 11.7. The molecule has 0 radical (unpaired) electrons. The number of thiophene rings is 1. The first-order valence-electron chi connectivity index (χ1n) is 6.83. The van der Waals surface area contributed by atoms with Gasteiger partial charge in [0.15, 0.2) is 0 Å². The Balaban J connectivity index is 2.02. The Morgan fingerprint density at radius 3 is 2.86 bits per heavy atom. The summed E-state index contributed by atoms with van der Waals surface area (Å²) in [5, 5.41) is 4.96. The lowest BCUT2D eigenvalue weighted by atomic mass is 10.2. The van der Waals surface area contributed by atoms with Crippen molar-refractivity contribution in [2.45, 2.75) is 13.5 Å². The van der Waals surface area contributed by atoms with Gasteiger partial charge in [-0.15, -0.1) is 11.3 Å². The van der Waals surface area contributed by atoms with Crippen molar-refractivity contribution in [1.82, 2.24) is 4.90 Å². The largest absolute Gasteiger partial charge is 0.383 e. The first-order chi connectivity index (χ1) is 10.2. The van der Waals surface area contributed by atoms with Gasteiger partial charge >= 0.3 is 6.03 Å². The fourth-order valence-corrected chi connectivity index (χ4v) is 2.69. The molecule has 2 aromatic rings. The summed E-state index contributed by atoms with van der Waals surface area (Å²) >= 11 is 1.65. The normalized spacial score (nSPS) is 10.4. The second-order valence-corrected chi connectivity index (χ2v) is 5.83. The number of carbonyl (C=O) groups is 1. The summed E-state index contributed by atoms with van der Waals surface area (Å²) in [5.74, 6) is 0. The molecule has 0 fully saturated rings. The second-order valence-electron chi connectivity index (χ2n) is 4.79. The summed E-state index contributed by atoms with van der Waals surface area (Å²) in [5.41, 5.74) is 1.93. The summed E-state index contributed by atoms with van der Waals surface area (Å²) in [6.45, 7) is 3.68. The number of methoxy groups -OCH3 is 1. The quantitative estimate of drug-likeness (QED) is 0.883. The minimum atomic E-state index is -0.106. The average molecular weight is 304 g/mol. The van der Waals surface area contributed by atoms with Crippen molar-refractivity contribution in [1.29, 1.82) is 0 Å². The monoisotopic (exact) mass is 304 g/mol. The van der Waals surface area contributed by atoms with E-state index in [4.69, 9.17) is 4.74 Å². The molecule has 0 aliphatic carbocycles. The highest BCUT2D eigenvalue weighted by Crippen LogP contribution is 2.14. The Bertz CT molecular complexity index is 569. The zero-order valence-electron chi connectivity index (χ0n) is 12.3. The van der Waals surface area contributed by atoms with Crippen LogP contribution in [0.5, 0.6) is 0 Å². The van der Waals surface area contributed by atoms with Gasteiger partial charge in [0.05, 0.1) is 13.2 Å². The second kappa shape index (κ2) is 7.81. The molecule has 1 heterocycles. The maximum Gasteiger partial charge on any atom is 0.322 e. The van der Waals surface area contributed by atoms with E-state index in [0.29, 0.717) is 19.7 Å². The van der Waals surface area contributed by atoms with Crippen LogP contribution in [0.15, 0.2) is 41.8 Å². The highest BCUT2D eigenvalue weighted by molar-refractivity contribution is 7.09. The lowest BCUT2D eigenvalue weighted by Crippen LogP contribution is -2.36. The Morgan fingerprint density at radius 2 is 2.19 bits per heavy atom. The van der Waals surface area contributed by atoms with Crippen LogP contribution in [-0.2, 0) is 11.3 Å². The number of carbonyl (C=O) groups excluding carboxylic acids is 1. The maximum atomic E-state index is 12.4. The predicted molar refractivity (Wildman–Crippen MR) is 86.8 cm³/mol. The number of benzene rings is 1. The van der Waals surface area contributed by atoms with Crippen LogP contribution < -0.4 is 5.32 Å². The number of amides is 2. The number of ether oxygens (including phenoxy) is 1. The van der Waals surface area contributed by atoms with Crippen molar-refractivity contribution >= 4 is 23.1 Å². The average Bonchev–Trinajstić information content (AvgIpc) is 2.96. The molecule has 0 aliphatic rings. The standard InChI is InChI=1S/C16H20N2O2S/c1-13-5-3-6-14(11-13)17-16(19)18(8-9-20-2)12-15-7-4-10-21-15/h3-7,10-11H,8-9,12H2,1-2H3,(H,17,19). The van der Waals surface area contributed by atoms with Gasteiger partial charge in [0.2, 0.25) is 0 Å². The lowest BCUT2D eigenvalue weighted by Gasteiger charge is -2.22. The van der Waals surface area contributed by atoms with Gasteiger partial charge < -0.3 is 15.0 Å². The van der Waals surface area contributed by atoms with Crippen molar-refractivity contribution in [2.75, 3.05) is 25.6 Å². The Kier molecular flexibility index (Phi) is 5.78. The third kappa shape index (κ3) is 4.88. The van der Waals surface area contributed by atoms with Crippen molar-refractivity contribution in [3.05, 3.63) is 52.2 Å². The zero-order chi connectivity index (χ0) is 15.1. The van der Waals surface area contributed by atoms with Gasteiger partial charge in [-0.1, -0.05) is 18.2 Å². The van der Waals surface area contributed by atoms with Crippen LogP contribution >= 0.6 is 11.3 Å². The van der Waals surface area contributed by atoms with Gasteiger partial charge in [-0.05, 0) is 36.1 Å². The first-order valence-corrected chi connectivity index (χ1v) is 7.71. The highest BCUT2D eigenvalue weighted by Gasteiger charge is 2.14. The summed E-state index contributed by atoms with van der Waals surface area (Å²) in [6.07, 6.45) is 0. The van der Waals surface area contributed by atoms with Gasteiger partial charge in [-0.2, -0.15) is 0 Å². The zero-order valence-corrected chi connectivity index (χ0v) is 13.2. The van der Waals surface area contributed by atoms with E-state index in [1.807, 2.05) is 48.7 Å². The van der Waals surface area contributed by atoms with Crippen LogP contribution in [0.1, 0.15) is 10.4 Å². The van der Waals surface area contributed by atoms with E-state index >= 15 is 0 Å². The highest BCUT2D eigenvalue weighted by atomic mass is 32.1. The molecule has 112 valence electrons. The fraction of sp³-hybridized carbons (Fsp3) is 0.312. The molecule has 2 amide bonds. The number of aryl methyl sites for hydroxylation is 1. The van der Waals surface area contributed by atoms with E-state index in [-0.39, 0.29) is 6.03 Å². The molecule has 0 spiro atoms. The first kappa shape index (κ1) is 15.5. The Labute approximate surface area is 129 Å². The molecule has 21 heavy (non-hydrogen) atoms. The van der Waals surface area contributed by atoms with Gasteiger partial charge in [0, 0.05) is 24.2 Å². The fourth-order valence-electron chi connectivity index (χ4n) is 1.97. The van der Waals surface area contributed by atoms with E-state index in [9.17, 15) is 4.79 Å². The molecule has 1 aromatic heterocycles. The number of anilines is 1. The molecule has 2 rings (SSSR count). The third-order valence-corrected chi connectivity index (χ3v) is 3.91. The smallest absolute Gasteiger partial charge is 0.322 e. The van der Waals surface area contributed by atoms with E-state index < -0.39 is 0 Å². The SMILES string of the molecule is COCCN(Cc1cccs1)C(=O)Nc1cccc(C)c1. The summed E-state index contributed by atoms with van der Waals surface area (Å²) in [4.78, 5) is 15.3. The van der Waals surface area contributed by atoms with Gasteiger partial charge in [-0.3, -0.25) is 0 Å². The van der Waals surface area contributed by atoms with Crippen LogP contribution in [-0.4, -0.2) is 31.2 Å². The Morgan fingerprint density at radius 1 is 1.33 bits per heavy atom. The van der Waals surface area contributed by atoms with Crippen LogP contribution in [0.25, 0.3) is 0 Å². The van der Waals surface area contributed by atoms with Crippen LogP contribution in [0, 0.1) is 6.92 Å². The molecule has 4 nitrogen and oxygen atoms in total. The molecule has 0 unspecified atom stereocenters. The Hall–Kier alpha value is -1.85. The minimum Gasteiger partial charge on any atom is -0.383 e. The molecule has 0 atom stereocenters. The lowest BCUT2D eigenvalue weighted by molar-refractivity contribution is 0.153. The number of urea groups is 1. The van der Waals surface area contributed by atoms with E-state index in [1.165, 1.54) is 0 Å². The molecule has 0 saturated carbocycles. The number of hydrogen-bond donors (Lipinski definition) is 1. The van der Waals surface area contributed by atoms with E-state index in [0.717, 1.165) is 16.1 Å². The van der Waals surface area contributed by atoms with Crippen molar-refractivity contribution < 1.29 is 9.53 Å². The summed E-state index contributed by atoms with van der Waals surface area (Å²) < 4.78 is 5.09. The van der Waals surface area contributed by atoms with Crippen LogP contribution in [0.2, 0.25) is 0 Å². The van der Waals surface area contributed by atoms with Crippen LogP contribution in [0.3, 0.4) is 0 Å². The molecule has 0 bridgehead atoms. The number of rotatable bonds is 6. The molecule has 1 aromatic carbocycles. The maximum absolute atomic E-state index is 12.4. The molecule has 1 N–H and O–H groups in total. The minimum absolute atomic E-state index is 0.106. The van der Waals surface area contributed by atoms with Crippen molar-refractivity contribution in [2.24, 2.45) is 0 Å².